The molecule has 2 saturated heterocycles. The molecule has 1 N–H and O–H groups in total. The van der Waals surface area contributed by atoms with E-state index in [2.05, 4.69) is 5.32 Å². The molecule has 3 aliphatic rings. The molecule has 11 atom stereocenters. The van der Waals surface area contributed by atoms with Gasteiger partial charge >= 0.3 is 47.8 Å². The first-order valence-electron chi connectivity index (χ1n) is 19.5. The van der Waals surface area contributed by atoms with Crippen LogP contribution >= 0.6 is 0 Å². The molecule has 64 heavy (non-hydrogen) atoms. The fourth-order valence-corrected chi connectivity index (χ4v) is 7.46. The van der Waals surface area contributed by atoms with Crippen LogP contribution in [0, 0.1) is 0 Å². The lowest BCUT2D eigenvalue weighted by atomic mass is 9.87. The summed E-state index contributed by atoms with van der Waals surface area (Å²) in [5.41, 5.74) is -0.130. The van der Waals surface area contributed by atoms with Gasteiger partial charge in [-0.25, -0.2) is 4.79 Å². The minimum absolute atomic E-state index is 0.0649. The second-order valence-electron chi connectivity index (χ2n) is 14.6. The molecule has 0 saturated carbocycles. The Morgan fingerprint density at radius 3 is 1.77 bits per heavy atom. The fourth-order valence-electron chi connectivity index (χ4n) is 7.46. The lowest BCUT2D eigenvalue weighted by Gasteiger charge is -2.50. The SMILES string of the molecule is COC(=O)[C@@]1(OC[C@H]2O[C@H](OC(C)=O)[C@H](N3C(=O)c4ccccc4C3=O)[C@@H](OC(C)=O)[C@@H]2OC(C)=O)C[C@H](OC(C)=O)[C@@H](NC(C)=O)[C@H]([C@H](OC(C)=O)[C@@H](COC(C)=O)OC(C)=O)O1. The number of benzene rings is 1. The molecule has 4 rings (SSSR count). The first-order chi connectivity index (χ1) is 30.0. The van der Waals surface area contributed by atoms with Crippen LogP contribution < -0.4 is 5.32 Å². The highest BCUT2D eigenvalue weighted by Gasteiger charge is 2.62. The Labute approximate surface area is 364 Å². The van der Waals surface area contributed by atoms with Gasteiger partial charge in [-0.05, 0) is 12.1 Å². The summed E-state index contributed by atoms with van der Waals surface area (Å²) >= 11 is 0. The van der Waals surface area contributed by atoms with E-state index in [1.54, 1.807) is 0 Å². The van der Waals surface area contributed by atoms with E-state index in [9.17, 15) is 52.7 Å². The second-order valence-corrected chi connectivity index (χ2v) is 14.6. The van der Waals surface area contributed by atoms with Crippen LogP contribution in [-0.4, -0.2) is 158 Å². The molecular weight excluding hydrogens is 860 g/mol. The number of carbonyl (C=O) groups excluding carboxylic acids is 11. The predicted octanol–water partition coefficient (Wildman–Crippen LogP) is -0.660. The van der Waals surface area contributed by atoms with Gasteiger partial charge in [-0.1, -0.05) is 12.1 Å². The van der Waals surface area contributed by atoms with Gasteiger partial charge in [0.1, 0.15) is 31.0 Å². The molecule has 0 aromatic heterocycles. The van der Waals surface area contributed by atoms with Crippen molar-refractivity contribution in [2.45, 2.75) is 129 Å². The average Bonchev–Trinajstić information content (AvgIpc) is 3.43. The Balaban J connectivity index is 1.89. The van der Waals surface area contributed by atoms with Gasteiger partial charge in [-0.3, -0.25) is 52.8 Å². The number of methoxy groups -OCH3 is 1. The summed E-state index contributed by atoms with van der Waals surface area (Å²) < 4.78 is 61.8. The topological polar surface area (TPSA) is 305 Å². The minimum Gasteiger partial charge on any atom is -0.465 e. The first-order valence-corrected chi connectivity index (χ1v) is 19.5. The van der Waals surface area contributed by atoms with E-state index >= 15 is 0 Å². The third-order valence-corrected chi connectivity index (χ3v) is 9.60. The van der Waals surface area contributed by atoms with Crippen molar-refractivity contribution >= 4 is 65.5 Å². The molecule has 3 heterocycles. The molecule has 24 heteroatoms. The lowest BCUT2D eigenvalue weighted by Crippen LogP contribution is -2.70. The summed E-state index contributed by atoms with van der Waals surface area (Å²) in [6, 6.07) is 2.28. The Bertz CT molecular complexity index is 2000. The Hall–Kier alpha value is -6.53. The number of hydrogen-bond acceptors (Lipinski definition) is 22. The molecule has 3 amide bonds. The number of ether oxygens (including phenoxy) is 11. The quantitative estimate of drug-likeness (QED) is 0.122. The number of esters is 8. The van der Waals surface area contributed by atoms with Crippen LogP contribution in [0.25, 0.3) is 0 Å². The molecular formula is C40H48N2O22. The molecule has 24 nitrogen and oxygen atoms in total. The smallest absolute Gasteiger partial charge is 0.366 e. The molecule has 1 aromatic rings. The number of fused-ring (bicyclic) bond motifs is 1. The van der Waals surface area contributed by atoms with Gasteiger partial charge in [0.25, 0.3) is 17.6 Å². The van der Waals surface area contributed by atoms with Crippen molar-refractivity contribution in [2.75, 3.05) is 20.3 Å². The van der Waals surface area contributed by atoms with Crippen LogP contribution in [-0.2, 0) is 95.3 Å². The standard InChI is InChI=1S/C40H48N2O22/c1-17(43)41-30-27(57-19(3)45)14-40(39(53)54-9,64-34(30)32(59-21(5)47)28(58-20(4)46)15-55-18(2)44)56-16-29-33(60-22(6)48)35(61-23(7)49)31(38(63-29)62-24(8)50)42-36(51)25-12-10-11-13-26(25)37(42)52/h10-13,27-35,38H,14-16H2,1-9H3,(H,41,43)/t27-,28+,29+,30+,31+,32+,33+,34+,35+,38-,40+/m0/s1. The maximum Gasteiger partial charge on any atom is 0.366 e. The summed E-state index contributed by atoms with van der Waals surface area (Å²) in [7, 11) is 0.900. The van der Waals surface area contributed by atoms with Crippen molar-refractivity contribution < 1.29 is 105 Å². The summed E-state index contributed by atoms with van der Waals surface area (Å²) in [5.74, 6) is -13.8. The zero-order valence-corrected chi connectivity index (χ0v) is 36.1. The number of imide groups is 1. The van der Waals surface area contributed by atoms with Gasteiger partial charge in [0, 0.05) is 55.4 Å². The minimum atomic E-state index is -2.83. The van der Waals surface area contributed by atoms with Crippen molar-refractivity contribution in [1.29, 1.82) is 0 Å². The number of carbonyl (C=O) groups is 11. The normalized spacial score (nSPS) is 27.0. The van der Waals surface area contributed by atoms with Crippen molar-refractivity contribution in [3.05, 3.63) is 35.4 Å². The zero-order valence-electron chi connectivity index (χ0n) is 36.1. The van der Waals surface area contributed by atoms with Crippen LogP contribution in [0.5, 0.6) is 0 Å². The van der Waals surface area contributed by atoms with E-state index in [0.717, 1.165) is 62.5 Å². The van der Waals surface area contributed by atoms with Crippen molar-refractivity contribution in [3.8, 4) is 0 Å². The van der Waals surface area contributed by atoms with Crippen LogP contribution in [0.3, 0.4) is 0 Å². The molecule has 3 aliphatic heterocycles. The van der Waals surface area contributed by atoms with Crippen LogP contribution in [0.15, 0.2) is 24.3 Å². The maximum atomic E-state index is 14.1. The highest BCUT2D eigenvalue weighted by molar-refractivity contribution is 6.21. The molecule has 1 aromatic carbocycles. The van der Waals surface area contributed by atoms with E-state index in [0.29, 0.717) is 4.90 Å². The Morgan fingerprint density at radius 2 is 1.28 bits per heavy atom. The second kappa shape index (κ2) is 21.2. The molecule has 350 valence electrons. The molecule has 0 spiro atoms. The zero-order chi connectivity index (χ0) is 47.8. The summed E-state index contributed by atoms with van der Waals surface area (Å²) in [6.45, 7) is 6.07. The van der Waals surface area contributed by atoms with E-state index < -0.39 is 152 Å². The number of hydrogen-bond donors (Lipinski definition) is 1. The Morgan fingerprint density at radius 1 is 0.734 bits per heavy atom. The highest BCUT2D eigenvalue weighted by atomic mass is 16.8. The molecule has 2 fully saturated rings. The lowest BCUT2D eigenvalue weighted by molar-refractivity contribution is -0.332. The molecule has 0 bridgehead atoms. The van der Waals surface area contributed by atoms with E-state index in [1.165, 1.54) is 24.3 Å². The predicted molar refractivity (Wildman–Crippen MR) is 203 cm³/mol. The average molecular weight is 909 g/mol. The van der Waals surface area contributed by atoms with Crippen molar-refractivity contribution in [3.63, 3.8) is 0 Å². The maximum absolute atomic E-state index is 14.1. The van der Waals surface area contributed by atoms with Gasteiger partial charge in [0.2, 0.25) is 12.2 Å². The number of amides is 3. The largest absolute Gasteiger partial charge is 0.465 e. The Kier molecular flexibility index (Phi) is 16.6. The fraction of sp³-hybridized carbons (Fsp3) is 0.575. The third-order valence-electron chi connectivity index (χ3n) is 9.60. The van der Waals surface area contributed by atoms with E-state index in [1.807, 2.05) is 0 Å². The molecule has 0 unspecified atom stereocenters. The van der Waals surface area contributed by atoms with Crippen molar-refractivity contribution in [2.24, 2.45) is 0 Å². The first kappa shape index (κ1) is 50.1. The van der Waals surface area contributed by atoms with Gasteiger partial charge in [-0.15, -0.1) is 0 Å². The van der Waals surface area contributed by atoms with Crippen LogP contribution in [0.4, 0.5) is 0 Å². The van der Waals surface area contributed by atoms with Crippen molar-refractivity contribution in [1.82, 2.24) is 10.2 Å². The van der Waals surface area contributed by atoms with Crippen LogP contribution in [0.2, 0.25) is 0 Å². The van der Waals surface area contributed by atoms with Gasteiger partial charge in [-0.2, -0.15) is 0 Å². The third kappa shape index (κ3) is 11.9. The van der Waals surface area contributed by atoms with Gasteiger partial charge < -0.3 is 57.4 Å². The summed E-state index contributed by atoms with van der Waals surface area (Å²) in [6.07, 6.45) is -15.6. The van der Waals surface area contributed by atoms with E-state index in [-0.39, 0.29) is 11.1 Å². The van der Waals surface area contributed by atoms with Crippen LogP contribution in [0.1, 0.15) is 82.5 Å². The highest BCUT2D eigenvalue weighted by Crippen LogP contribution is 2.40. The molecule has 0 aliphatic carbocycles. The van der Waals surface area contributed by atoms with E-state index in [4.69, 9.17) is 52.1 Å². The number of rotatable bonds is 16. The summed E-state index contributed by atoms with van der Waals surface area (Å²) in [4.78, 5) is 143. The van der Waals surface area contributed by atoms with Gasteiger partial charge in [0.15, 0.2) is 24.4 Å². The molecule has 0 radical (unpaired) electrons. The van der Waals surface area contributed by atoms with Gasteiger partial charge in [0.05, 0.1) is 37.3 Å². The number of nitrogens with one attached hydrogen (secondary N) is 1. The number of nitrogens with zero attached hydrogens (tertiary/aromatic N) is 1. The monoisotopic (exact) mass is 908 g/mol. The summed E-state index contributed by atoms with van der Waals surface area (Å²) in [5, 5.41) is 2.51.